The Hall–Kier alpha value is -3.16. The first-order valence-electron chi connectivity index (χ1n) is 6.93. The molecule has 0 N–H and O–H groups in total. The van der Waals surface area contributed by atoms with Crippen molar-refractivity contribution in [1.29, 1.82) is 0 Å². The molecule has 8 heteroatoms. The van der Waals surface area contributed by atoms with Crippen LogP contribution in [-0.4, -0.2) is 29.9 Å². The Morgan fingerprint density at radius 1 is 1.21 bits per heavy atom. The normalized spacial score (nSPS) is 17.1. The molecule has 122 valence electrons. The third kappa shape index (κ3) is 2.51. The molecule has 1 amide bonds. The molecule has 0 spiro atoms. The molecule has 3 rings (SSSR count). The van der Waals surface area contributed by atoms with Crippen LogP contribution in [0, 0.1) is 15.9 Å². The number of anilines is 1. The van der Waals surface area contributed by atoms with Gasteiger partial charge in [-0.1, -0.05) is 12.1 Å². The van der Waals surface area contributed by atoms with Crippen molar-refractivity contribution in [3.63, 3.8) is 0 Å². The summed E-state index contributed by atoms with van der Waals surface area (Å²) in [5, 5.41) is 11.0. The van der Waals surface area contributed by atoms with Gasteiger partial charge >= 0.3 is 0 Å². The molecule has 24 heavy (non-hydrogen) atoms. The molecule has 1 aliphatic heterocycles. The fourth-order valence-electron chi connectivity index (χ4n) is 2.50. The van der Waals surface area contributed by atoms with E-state index in [4.69, 9.17) is 0 Å². The standard InChI is InChI=1S/C16H11F2N3O3/c1-20-13-7-6-9(21(23)24)8-11(13)14(19-15(18)16(20)22)10-4-2-3-5-12(10)17/h2-8,15H,1H3. The van der Waals surface area contributed by atoms with Crippen molar-refractivity contribution < 1.29 is 18.5 Å². The fraction of sp³-hybridized carbons (Fsp3) is 0.125. The van der Waals surface area contributed by atoms with Crippen molar-refractivity contribution in [2.24, 2.45) is 4.99 Å². The minimum Gasteiger partial charge on any atom is -0.311 e. The van der Waals surface area contributed by atoms with E-state index in [2.05, 4.69) is 4.99 Å². The molecular weight excluding hydrogens is 320 g/mol. The Bertz CT molecular complexity index is 883. The molecule has 2 aromatic carbocycles. The molecule has 0 aromatic heterocycles. The average molecular weight is 331 g/mol. The summed E-state index contributed by atoms with van der Waals surface area (Å²) in [6.45, 7) is 0. The SMILES string of the molecule is CN1C(=O)C(F)N=C(c2ccccc2F)c2cc([N+](=O)[O-])ccc21. The van der Waals surface area contributed by atoms with Crippen LogP contribution in [0.1, 0.15) is 11.1 Å². The van der Waals surface area contributed by atoms with E-state index in [-0.39, 0.29) is 28.2 Å². The third-order valence-corrected chi connectivity index (χ3v) is 3.71. The lowest BCUT2D eigenvalue weighted by atomic mass is 9.99. The highest BCUT2D eigenvalue weighted by molar-refractivity contribution is 6.20. The first-order chi connectivity index (χ1) is 11.4. The van der Waals surface area contributed by atoms with Crippen LogP contribution < -0.4 is 4.90 Å². The van der Waals surface area contributed by atoms with Gasteiger partial charge in [0.15, 0.2) is 0 Å². The number of nitro benzene ring substituents is 1. The number of nitro groups is 1. The lowest BCUT2D eigenvalue weighted by Crippen LogP contribution is -2.32. The molecule has 0 saturated heterocycles. The Kier molecular flexibility index (Phi) is 3.80. The topological polar surface area (TPSA) is 75.8 Å². The van der Waals surface area contributed by atoms with Crippen molar-refractivity contribution in [2.75, 3.05) is 11.9 Å². The first-order valence-corrected chi connectivity index (χ1v) is 6.93. The maximum Gasteiger partial charge on any atom is 0.284 e. The molecule has 0 radical (unpaired) electrons. The van der Waals surface area contributed by atoms with Gasteiger partial charge in [0.2, 0.25) is 0 Å². The number of fused-ring (bicyclic) bond motifs is 1. The second-order valence-electron chi connectivity index (χ2n) is 5.15. The summed E-state index contributed by atoms with van der Waals surface area (Å²) in [6.07, 6.45) is -2.23. The van der Waals surface area contributed by atoms with Gasteiger partial charge in [0.1, 0.15) is 5.82 Å². The van der Waals surface area contributed by atoms with Crippen LogP contribution in [0.5, 0.6) is 0 Å². The van der Waals surface area contributed by atoms with Crippen molar-refractivity contribution in [3.05, 3.63) is 69.5 Å². The number of benzodiazepines with no additional fused rings is 1. The maximum absolute atomic E-state index is 14.1. The first kappa shape index (κ1) is 15.7. The highest BCUT2D eigenvalue weighted by atomic mass is 19.1. The predicted molar refractivity (Wildman–Crippen MR) is 83.4 cm³/mol. The summed E-state index contributed by atoms with van der Waals surface area (Å²) in [4.78, 5) is 27.1. The van der Waals surface area contributed by atoms with E-state index in [9.17, 15) is 23.7 Å². The number of likely N-dealkylation sites (N-methyl/N-ethyl adjacent to an activating group) is 1. The average Bonchev–Trinajstić information content (AvgIpc) is 2.66. The molecule has 6 nitrogen and oxygen atoms in total. The third-order valence-electron chi connectivity index (χ3n) is 3.71. The largest absolute Gasteiger partial charge is 0.311 e. The van der Waals surface area contributed by atoms with Crippen molar-refractivity contribution in [1.82, 2.24) is 0 Å². The number of amides is 1. The van der Waals surface area contributed by atoms with Crippen LogP contribution in [0.25, 0.3) is 0 Å². The Morgan fingerprint density at radius 2 is 1.92 bits per heavy atom. The summed E-state index contributed by atoms with van der Waals surface area (Å²) in [5.41, 5.74) is -0.115. The number of non-ortho nitro benzene ring substituents is 1. The Labute approximate surface area is 135 Å². The summed E-state index contributed by atoms with van der Waals surface area (Å²) in [5.74, 6) is -1.60. The number of alkyl halides is 1. The van der Waals surface area contributed by atoms with E-state index in [1.807, 2.05) is 0 Å². The monoisotopic (exact) mass is 331 g/mol. The maximum atomic E-state index is 14.1. The zero-order valence-electron chi connectivity index (χ0n) is 12.4. The number of hydrogen-bond acceptors (Lipinski definition) is 4. The van der Waals surface area contributed by atoms with E-state index < -0.39 is 22.9 Å². The van der Waals surface area contributed by atoms with Crippen LogP contribution in [0.2, 0.25) is 0 Å². The molecular formula is C16H11F2N3O3. The van der Waals surface area contributed by atoms with E-state index in [0.29, 0.717) is 0 Å². The minimum atomic E-state index is -2.23. The van der Waals surface area contributed by atoms with Gasteiger partial charge in [0.05, 0.1) is 16.3 Å². The number of hydrogen-bond donors (Lipinski definition) is 0. The number of halogens is 2. The Morgan fingerprint density at radius 3 is 2.58 bits per heavy atom. The van der Waals surface area contributed by atoms with Crippen LogP contribution in [0.4, 0.5) is 20.2 Å². The van der Waals surface area contributed by atoms with Gasteiger partial charge in [-0.2, -0.15) is 0 Å². The van der Waals surface area contributed by atoms with E-state index >= 15 is 0 Å². The van der Waals surface area contributed by atoms with Gasteiger partial charge in [0, 0.05) is 30.3 Å². The van der Waals surface area contributed by atoms with Crippen LogP contribution in [-0.2, 0) is 4.79 Å². The number of carbonyl (C=O) groups excluding carboxylic acids is 1. The quantitative estimate of drug-likeness (QED) is 0.482. The van der Waals surface area contributed by atoms with E-state index in [1.54, 1.807) is 0 Å². The summed E-state index contributed by atoms with van der Waals surface area (Å²) in [7, 11) is 1.33. The van der Waals surface area contributed by atoms with E-state index in [1.165, 1.54) is 43.4 Å². The van der Waals surface area contributed by atoms with Crippen LogP contribution >= 0.6 is 0 Å². The van der Waals surface area contributed by atoms with Gasteiger partial charge in [0.25, 0.3) is 17.9 Å². The number of aliphatic imine (C=N–C) groups is 1. The van der Waals surface area contributed by atoms with Gasteiger partial charge in [-0.15, -0.1) is 0 Å². The molecule has 0 fully saturated rings. The number of carbonyl (C=O) groups is 1. The van der Waals surface area contributed by atoms with E-state index in [0.717, 1.165) is 11.0 Å². The molecule has 2 aromatic rings. The molecule has 1 aliphatic rings. The molecule has 1 unspecified atom stereocenters. The van der Waals surface area contributed by atoms with Crippen LogP contribution in [0.15, 0.2) is 47.5 Å². The second-order valence-corrected chi connectivity index (χ2v) is 5.15. The zero-order chi connectivity index (χ0) is 17.4. The molecule has 0 bridgehead atoms. The summed E-state index contributed by atoms with van der Waals surface area (Å²) in [6, 6.07) is 9.19. The van der Waals surface area contributed by atoms with Gasteiger partial charge in [-0.05, 0) is 18.2 Å². The lowest BCUT2D eigenvalue weighted by Gasteiger charge is -2.18. The highest BCUT2D eigenvalue weighted by Crippen LogP contribution is 2.31. The second kappa shape index (κ2) is 5.80. The highest BCUT2D eigenvalue weighted by Gasteiger charge is 2.31. The fourth-order valence-corrected chi connectivity index (χ4v) is 2.50. The van der Waals surface area contributed by atoms with Crippen LogP contribution in [0.3, 0.4) is 0 Å². The summed E-state index contributed by atoms with van der Waals surface area (Å²) < 4.78 is 28.3. The number of nitrogens with zero attached hydrogens (tertiary/aromatic N) is 3. The van der Waals surface area contributed by atoms with Crippen molar-refractivity contribution in [2.45, 2.75) is 6.30 Å². The molecule has 0 saturated carbocycles. The van der Waals surface area contributed by atoms with Crippen molar-refractivity contribution >= 4 is 23.0 Å². The van der Waals surface area contributed by atoms with Gasteiger partial charge < -0.3 is 4.90 Å². The Balaban J connectivity index is 2.32. The zero-order valence-corrected chi connectivity index (χ0v) is 12.4. The molecule has 1 atom stereocenters. The van der Waals surface area contributed by atoms with Gasteiger partial charge in [-0.25, -0.2) is 13.8 Å². The van der Waals surface area contributed by atoms with Gasteiger partial charge in [-0.3, -0.25) is 14.9 Å². The minimum absolute atomic E-state index is 0.0370. The number of benzene rings is 2. The molecule has 0 aliphatic carbocycles. The molecule has 1 heterocycles. The number of rotatable bonds is 2. The summed E-state index contributed by atoms with van der Waals surface area (Å²) >= 11 is 0. The van der Waals surface area contributed by atoms with Crippen molar-refractivity contribution in [3.8, 4) is 0 Å². The lowest BCUT2D eigenvalue weighted by molar-refractivity contribution is -0.384. The predicted octanol–water partition coefficient (Wildman–Crippen LogP) is 2.84. The smallest absolute Gasteiger partial charge is 0.284 e.